The van der Waals surface area contributed by atoms with Crippen LogP contribution in [0.25, 0.3) is 33.4 Å². The molecule has 13 rings (SSSR count). The molecule has 3 heteroatoms. The molecule has 0 fully saturated rings. The average Bonchev–Trinajstić information content (AvgIpc) is 3.58. The van der Waals surface area contributed by atoms with Gasteiger partial charge in [-0.25, -0.2) is 0 Å². The highest BCUT2D eigenvalue weighted by atomic mass is 15.2. The Labute approximate surface area is 417 Å². The normalized spacial score (nSPS) is 18.4. The van der Waals surface area contributed by atoms with Gasteiger partial charge in [-0.15, -0.1) is 0 Å². The molecule has 8 aromatic rings. The maximum absolute atomic E-state index is 2.78. The second-order valence-corrected chi connectivity index (χ2v) is 24.5. The fourth-order valence-electron chi connectivity index (χ4n) is 14.4. The molecule has 2 aliphatic heterocycles. The number of para-hydroxylation sites is 1. The van der Waals surface area contributed by atoms with E-state index in [0.717, 1.165) is 0 Å². The van der Waals surface area contributed by atoms with E-state index in [1.54, 1.807) is 0 Å². The molecular formula is C67H65BN2. The van der Waals surface area contributed by atoms with Crippen LogP contribution in [0, 0.1) is 13.8 Å². The first-order valence-corrected chi connectivity index (χ1v) is 25.9. The molecule has 2 heterocycles. The summed E-state index contributed by atoms with van der Waals surface area (Å²) < 4.78 is 0. The van der Waals surface area contributed by atoms with Gasteiger partial charge in [0.25, 0.3) is 0 Å². The minimum atomic E-state index is -0.231. The molecule has 0 N–H and O–H groups in total. The van der Waals surface area contributed by atoms with E-state index >= 15 is 0 Å². The van der Waals surface area contributed by atoms with Crippen molar-refractivity contribution in [3.05, 3.63) is 207 Å². The van der Waals surface area contributed by atoms with Crippen molar-refractivity contribution in [2.24, 2.45) is 0 Å². The van der Waals surface area contributed by atoms with Crippen LogP contribution in [-0.2, 0) is 27.1 Å². The van der Waals surface area contributed by atoms with Crippen LogP contribution in [0.3, 0.4) is 0 Å². The maximum atomic E-state index is 2.78. The predicted octanol–water partition coefficient (Wildman–Crippen LogP) is 16.3. The highest BCUT2D eigenvalue weighted by Gasteiger charge is 2.52. The summed E-state index contributed by atoms with van der Waals surface area (Å²) in [5, 5.41) is 0. The van der Waals surface area contributed by atoms with Crippen LogP contribution >= 0.6 is 0 Å². The van der Waals surface area contributed by atoms with Gasteiger partial charge >= 0.3 is 6.85 Å². The fourth-order valence-corrected chi connectivity index (χ4v) is 14.4. The van der Waals surface area contributed by atoms with Crippen LogP contribution in [-0.4, -0.2) is 6.85 Å². The molecule has 0 spiro atoms. The lowest BCUT2D eigenvalue weighted by atomic mass is 9.42. The first kappa shape index (κ1) is 43.4. The minimum absolute atomic E-state index is 0.0457. The van der Waals surface area contributed by atoms with Crippen molar-refractivity contribution in [2.45, 2.75) is 123 Å². The van der Waals surface area contributed by atoms with Crippen LogP contribution in [0.1, 0.15) is 138 Å². The molecule has 346 valence electrons. The Morgan fingerprint density at radius 1 is 0.400 bits per heavy atom. The molecule has 0 saturated carbocycles. The summed E-state index contributed by atoms with van der Waals surface area (Å²) in [6.07, 6.45) is 2.36. The lowest BCUT2D eigenvalue weighted by Gasteiger charge is -2.50. The number of anilines is 5. The lowest BCUT2D eigenvalue weighted by Crippen LogP contribution is -2.62. The lowest BCUT2D eigenvalue weighted by molar-refractivity contribution is 0.332. The van der Waals surface area contributed by atoms with E-state index in [-0.39, 0.29) is 33.9 Å². The summed E-state index contributed by atoms with van der Waals surface area (Å²) in [6.45, 7) is 29.2. The van der Waals surface area contributed by atoms with Crippen molar-refractivity contribution in [1.82, 2.24) is 0 Å². The molecule has 8 aromatic carbocycles. The van der Waals surface area contributed by atoms with Crippen molar-refractivity contribution < 1.29 is 0 Å². The van der Waals surface area contributed by atoms with Gasteiger partial charge in [0.2, 0.25) is 0 Å². The van der Waals surface area contributed by atoms with Crippen LogP contribution < -0.4 is 20.6 Å². The fraction of sp³-hybridized carbons (Fsp3) is 0.284. The van der Waals surface area contributed by atoms with E-state index in [1.165, 1.54) is 141 Å². The van der Waals surface area contributed by atoms with Crippen molar-refractivity contribution in [3.63, 3.8) is 0 Å². The Kier molecular flexibility index (Phi) is 8.86. The highest BCUT2D eigenvalue weighted by molar-refractivity contribution is 6.93. The van der Waals surface area contributed by atoms with Crippen molar-refractivity contribution in [3.8, 4) is 33.4 Å². The summed E-state index contributed by atoms with van der Waals surface area (Å²) in [4.78, 5) is 5.52. The molecule has 0 radical (unpaired) electrons. The van der Waals surface area contributed by atoms with Gasteiger partial charge in [0, 0.05) is 55.8 Å². The predicted molar refractivity (Wildman–Crippen MR) is 299 cm³/mol. The van der Waals surface area contributed by atoms with Gasteiger partial charge in [-0.2, -0.15) is 0 Å². The van der Waals surface area contributed by atoms with Gasteiger partial charge in [-0.05, 0) is 157 Å². The number of nitrogens with zero attached hydrogens (tertiary/aromatic N) is 2. The number of hydrogen-bond acceptors (Lipinski definition) is 2. The minimum Gasteiger partial charge on any atom is -0.376 e. The third-order valence-electron chi connectivity index (χ3n) is 18.3. The molecule has 0 atom stereocenters. The smallest absolute Gasteiger partial charge is 0.333 e. The summed E-state index contributed by atoms with van der Waals surface area (Å²) in [6, 6.07) is 59.2. The topological polar surface area (TPSA) is 6.48 Å². The van der Waals surface area contributed by atoms with Crippen molar-refractivity contribution in [1.29, 1.82) is 0 Å². The zero-order valence-corrected chi connectivity index (χ0v) is 43.3. The quantitative estimate of drug-likeness (QED) is 0.163. The van der Waals surface area contributed by atoms with Crippen molar-refractivity contribution in [2.75, 3.05) is 9.71 Å². The van der Waals surface area contributed by atoms with Gasteiger partial charge in [0.05, 0.1) is 0 Å². The Morgan fingerprint density at radius 3 is 1.66 bits per heavy atom. The number of aryl methyl sites for hydroxylation is 2. The molecule has 0 amide bonds. The second kappa shape index (κ2) is 14.3. The molecule has 2 nitrogen and oxygen atoms in total. The van der Waals surface area contributed by atoms with Crippen LogP contribution in [0.4, 0.5) is 28.4 Å². The second-order valence-electron chi connectivity index (χ2n) is 24.5. The monoisotopic (exact) mass is 909 g/mol. The highest BCUT2D eigenvalue weighted by Crippen LogP contribution is 2.60. The van der Waals surface area contributed by atoms with Crippen molar-refractivity contribution >= 4 is 46.2 Å². The summed E-state index contributed by atoms with van der Waals surface area (Å²) >= 11 is 0. The van der Waals surface area contributed by atoms with E-state index in [1.807, 2.05) is 0 Å². The SMILES string of the molecule is Cc1cc2c3c(c1)N(c1cc4c(cc1C)C(C)(C)CCC4(C)C)c1cc4c(cc1B3N(c1ccccc1-c1ccccc1)c1ccc3c(c1-2)C(C)(C)c1ccccc1-3)C(C)(C)c1ccccc1C4(C)C. The molecule has 0 unspecified atom stereocenters. The average molecular weight is 909 g/mol. The zero-order chi connectivity index (χ0) is 48.6. The van der Waals surface area contributed by atoms with E-state index in [4.69, 9.17) is 0 Å². The van der Waals surface area contributed by atoms with Gasteiger partial charge < -0.3 is 9.71 Å². The Hall–Kier alpha value is -6.58. The number of hydrogen-bond donors (Lipinski definition) is 0. The molecular weight excluding hydrogens is 844 g/mol. The van der Waals surface area contributed by atoms with Gasteiger partial charge in [0.15, 0.2) is 0 Å². The Balaban J connectivity index is 1.20. The van der Waals surface area contributed by atoms with Gasteiger partial charge in [0.1, 0.15) is 0 Å². The summed E-state index contributed by atoms with van der Waals surface area (Å²) in [7, 11) is 0. The van der Waals surface area contributed by atoms with Crippen LogP contribution in [0.15, 0.2) is 152 Å². The third-order valence-corrected chi connectivity index (χ3v) is 18.3. The number of benzene rings is 8. The number of fused-ring (bicyclic) bond motifs is 11. The third kappa shape index (κ3) is 5.70. The summed E-state index contributed by atoms with van der Waals surface area (Å²) in [5.41, 5.74) is 30.5. The largest absolute Gasteiger partial charge is 0.376 e. The van der Waals surface area contributed by atoms with E-state index in [0.29, 0.717) is 0 Å². The molecule has 0 aromatic heterocycles. The van der Waals surface area contributed by atoms with Gasteiger partial charge in [-0.3, -0.25) is 0 Å². The molecule has 70 heavy (non-hydrogen) atoms. The standard InChI is InChI=1S/C67H65BN2/c1-40-34-46-60-56(31-30-45-44-25-16-18-26-47(44)67(11,12)61(45)60)70(55-29-21-17-24-43(55)42-22-14-13-15-23-42)68-54-37-52-53(66(9,10)49-28-20-19-27-48(49)65(52,7)8)39-58(54)69(59(35-40)62(46)68)57-38-51-50(36-41(57)2)63(3,4)32-33-64(51,5)6/h13-31,34-39H,32-33H2,1-12H3. The molecule has 0 saturated heterocycles. The first-order chi connectivity index (χ1) is 33.3. The molecule has 3 aliphatic carbocycles. The Bertz CT molecular complexity index is 3570. The Morgan fingerprint density at radius 2 is 0.971 bits per heavy atom. The van der Waals surface area contributed by atoms with E-state index in [2.05, 4.69) is 244 Å². The van der Waals surface area contributed by atoms with Gasteiger partial charge in [-0.1, -0.05) is 191 Å². The van der Waals surface area contributed by atoms with Crippen LogP contribution in [0.2, 0.25) is 0 Å². The van der Waals surface area contributed by atoms with E-state index in [9.17, 15) is 0 Å². The van der Waals surface area contributed by atoms with E-state index < -0.39 is 0 Å². The number of rotatable bonds is 3. The molecule has 0 bridgehead atoms. The first-order valence-electron chi connectivity index (χ1n) is 25.9. The van der Waals surface area contributed by atoms with Crippen LogP contribution in [0.5, 0.6) is 0 Å². The summed E-state index contributed by atoms with van der Waals surface area (Å²) in [5.74, 6) is 0. The zero-order valence-electron chi connectivity index (χ0n) is 43.3. The molecule has 5 aliphatic rings. The maximum Gasteiger partial charge on any atom is 0.333 e.